The number of hydrogen-bond donors (Lipinski definition) is 1. The molecule has 0 aliphatic carbocycles. The lowest BCUT2D eigenvalue weighted by atomic mass is 9.92. The molecule has 4 rings (SSSR count). The van der Waals surface area contributed by atoms with Gasteiger partial charge in [0.15, 0.2) is 0 Å². The van der Waals surface area contributed by atoms with E-state index in [0.29, 0.717) is 18.0 Å². The highest BCUT2D eigenvalue weighted by atomic mass is 32.2. The van der Waals surface area contributed by atoms with Crippen molar-refractivity contribution in [3.63, 3.8) is 0 Å². The predicted molar refractivity (Wildman–Crippen MR) is 119 cm³/mol. The van der Waals surface area contributed by atoms with Crippen LogP contribution in [0.4, 0.5) is 5.69 Å². The van der Waals surface area contributed by atoms with Gasteiger partial charge in [-0.2, -0.15) is 0 Å². The molecule has 0 fully saturated rings. The Bertz CT molecular complexity index is 959. The molecule has 1 aromatic heterocycles. The molecule has 2 heterocycles. The van der Waals surface area contributed by atoms with E-state index in [-0.39, 0.29) is 5.91 Å². The van der Waals surface area contributed by atoms with Crippen LogP contribution in [0.15, 0.2) is 78.0 Å². The summed E-state index contributed by atoms with van der Waals surface area (Å²) in [5.41, 5.74) is 4.56. The Labute approximate surface area is 176 Å². The van der Waals surface area contributed by atoms with Gasteiger partial charge in [-0.05, 0) is 59.9 Å². The molecule has 0 radical (unpaired) electrons. The maximum Gasteiger partial charge on any atom is 0.251 e. The average molecular weight is 404 g/mol. The Morgan fingerprint density at radius 1 is 1.14 bits per heavy atom. The monoisotopic (exact) mass is 403 g/mol. The number of pyridine rings is 1. The first-order valence-corrected chi connectivity index (χ1v) is 10.9. The third-order valence-corrected chi connectivity index (χ3v) is 6.32. The number of rotatable bonds is 6. The van der Waals surface area contributed by atoms with Gasteiger partial charge in [0.2, 0.25) is 0 Å². The minimum atomic E-state index is -0.00433. The largest absolute Gasteiger partial charge is 0.374 e. The van der Waals surface area contributed by atoms with Crippen LogP contribution in [0.3, 0.4) is 0 Å². The molecule has 5 heteroatoms. The van der Waals surface area contributed by atoms with Crippen LogP contribution in [-0.4, -0.2) is 31.0 Å². The molecule has 1 unspecified atom stereocenters. The minimum Gasteiger partial charge on any atom is -0.374 e. The summed E-state index contributed by atoms with van der Waals surface area (Å²) in [5.74, 6) is 1.29. The summed E-state index contributed by atoms with van der Waals surface area (Å²) in [7, 11) is 2.12. The maximum atomic E-state index is 12.6. The number of carbonyl (C=O) groups excluding carboxylic acids is 1. The van der Waals surface area contributed by atoms with Crippen LogP contribution in [0.1, 0.15) is 21.5 Å². The van der Waals surface area contributed by atoms with Crippen molar-refractivity contribution in [1.29, 1.82) is 0 Å². The fourth-order valence-electron chi connectivity index (χ4n) is 3.75. The first kappa shape index (κ1) is 19.5. The van der Waals surface area contributed by atoms with Crippen LogP contribution in [-0.2, 0) is 12.2 Å². The molecule has 1 amide bonds. The Hall–Kier alpha value is -2.79. The molecule has 4 nitrogen and oxygen atoms in total. The molecular formula is C24H25N3OS. The molecule has 0 saturated carbocycles. The number of thioether (sulfide) groups is 1. The van der Waals surface area contributed by atoms with Gasteiger partial charge in [-0.15, -0.1) is 11.8 Å². The molecule has 148 valence electrons. The predicted octanol–water partition coefficient (Wildman–Crippen LogP) is 4.41. The molecule has 0 spiro atoms. The van der Waals surface area contributed by atoms with Gasteiger partial charge in [0.1, 0.15) is 0 Å². The number of nitrogens with zero attached hydrogens (tertiary/aromatic N) is 2. The van der Waals surface area contributed by atoms with Crippen LogP contribution in [0.25, 0.3) is 0 Å². The van der Waals surface area contributed by atoms with Crippen molar-refractivity contribution in [2.75, 3.05) is 25.0 Å². The van der Waals surface area contributed by atoms with Gasteiger partial charge in [0, 0.05) is 54.4 Å². The van der Waals surface area contributed by atoms with Gasteiger partial charge in [0.05, 0.1) is 0 Å². The Morgan fingerprint density at radius 2 is 1.97 bits per heavy atom. The van der Waals surface area contributed by atoms with Crippen LogP contribution in [0, 0.1) is 5.92 Å². The molecule has 2 aromatic carbocycles. The average Bonchev–Trinajstić information content (AvgIpc) is 2.77. The van der Waals surface area contributed by atoms with Gasteiger partial charge in [0.25, 0.3) is 5.91 Å². The summed E-state index contributed by atoms with van der Waals surface area (Å²) in [6.07, 6.45) is 4.67. The number of nitrogens with one attached hydrogen (secondary N) is 1. The molecule has 0 bridgehead atoms. The van der Waals surface area contributed by atoms with E-state index in [2.05, 4.69) is 52.6 Å². The molecule has 3 aromatic rings. The van der Waals surface area contributed by atoms with Crippen molar-refractivity contribution >= 4 is 23.4 Å². The molecule has 1 aliphatic rings. The van der Waals surface area contributed by atoms with Crippen molar-refractivity contribution in [2.24, 2.45) is 5.92 Å². The zero-order valence-corrected chi connectivity index (χ0v) is 17.4. The number of aromatic nitrogens is 1. The second kappa shape index (κ2) is 9.14. The highest BCUT2D eigenvalue weighted by Crippen LogP contribution is 2.28. The molecule has 29 heavy (non-hydrogen) atoms. The fraction of sp³-hybridized carbons (Fsp3) is 0.250. The second-order valence-corrected chi connectivity index (χ2v) is 8.51. The number of para-hydroxylation sites is 1. The number of benzene rings is 2. The van der Waals surface area contributed by atoms with Crippen LogP contribution >= 0.6 is 11.8 Å². The molecular weight excluding hydrogens is 378 g/mol. The zero-order valence-electron chi connectivity index (χ0n) is 16.5. The second-order valence-electron chi connectivity index (χ2n) is 7.46. The zero-order chi connectivity index (χ0) is 20.1. The number of anilines is 1. The van der Waals surface area contributed by atoms with Crippen molar-refractivity contribution < 1.29 is 4.79 Å². The van der Waals surface area contributed by atoms with Crippen molar-refractivity contribution in [2.45, 2.75) is 17.1 Å². The summed E-state index contributed by atoms with van der Waals surface area (Å²) < 4.78 is 0. The van der Waals surface area contributed by atoms with Gasteiger partial charge >= 0.3 is 0 Å². The number of hydrogen-bond acceptors (Lipinski definition) is 4. The highest BCUT2D eigenvalue weighted by molar-refractivity contribution is 7.98. The lowest BCUT2D eigenvalue weighted by Gasteiger charge is -2.33. The first-order chi connectivity index (χ1) is 14.2. The lowest BCUT2D eigenvalue weighted by Crippen LogP contribution is -2.39. The van der Waals surface area contributed by atoms with Crippen molar-refractivity contribution in [1.82, 2.24) is 10.3 Å². The fourth-order valence-corrected chi connectivity index (χ4v) is 4.58. The van der Waals surface area contributed by atoms with Gasteiger partial charge in [-0.1, -0.05) is 24.3 Å². The van der Waals surface area contributed by atoms with E-state index in [1.165, 1.54) is 16.8 Å². The van der Waals surface area contributed by atoms with E-state index in [1.54, 1.807) is 18.0 Å². The molecule has 0 saturated heterocycles. The van der Waals surface area contributed by atoms with Crippen molar-refractivity contribution in [3.05, 3.63) is 89.7 Å². The number of fused-ring (bicyclic) bond motifs is 1. The summed E-state index contributed by atoms with van der Waals surface area (Å²) >= 11 is 1.75. The summed E-state index contributed by atoms with van der Waals surface area (Å²) in [6, 6.07) is 20.4. The number of carbonyl (C=O) groups is 1. The smallest absolute Gasteiger partial charge is 0.251 e. The van der Waals surface area contributed by atoms with Crippen LogP contribution < -0.4 is 10.2 Å². The van der Waals surface area contributed by atoms with E-state index in [9.17, 15) is 4.79 Å². The number of amides is 1. The van der Waals surface area contributed by atoms with E-state index in [4.69, 9.17) is 0 Å². The quantitative estimate of drug-likeness (QED) is 0.619. The molecule has 1 atom stereocenters. The van der Waals surface area contributed by atoms with Crippen LogP contribution in [0.2, 0.25) is 0 Å². The first-order valence-electron chi connectivity index (χ1n) is 9.88. The highest BCUT2D eigenvalue weighted by Gasteiger charge is 2.22. The van der Waals surface area contributed by atoms with Gasteiger partial charge < -0.3 is 10.2 Å². The third-order valence-electron chi connectivity index (χ3n) is 5.24. The topological polar surface area (TPSA) is 45.2 Å². The third kappa shape index (κ3) is 4.98. The van der Waals surface area contributed by atoms with E-state index in [0.717, 1.165) is 23.6 Å². The summed E-state index contributed by atoms with van der Waals surface area (Å²) in [6.45, 7) is 1.65. The summed E-state index contributed by atoms with van der Waals surface area (Å²) in [5, 5.41) is 3.12. The lowest BCUT2D eigenvalue weighted by molar-refractivity contribution is 0.0947. The Kier molecular flexibility index (Phi) is 6.15. The minimum absolute atomic E-state index is 0.00433. The Balaban J connectivity index is 1.29. The Morgan fingerprint density at radius 3 is 2.76 bits per heavy atom. The summed E-state index contributed by atoms with van der Waals surface area (Å²) in [4.78, 5) is 20.1. The molecule has 1 N–H and O–H groups in total. The van der Waals surface area contributed by atoms with Crippen molar-refractivity contribution in [3.8, 4) is 0 Å². The van der Waals surface area contributed by atoms with E-state index in [1.807, 2.05) is 36.5 Å². The van der Waals surface area contributed by atoms with Crippen LogP contribution in [0.5, 0.6) is 0 Å². The maximum absolute atomic E-state index is 12.6. The van der Waals surface area contributed by atoms with E-state index < -0.39 is 0 Å². The normalized spacial score (nSPS) is 15.6. The van der Waals surface area contributed by atoms with Gasteiger partial charge in [-0.3, -0.25) is 9.78 Å². The standard InChI is InChI=1S/C24H25N3OS/c1-27-16-19(13-21-6-2-3-7-23(21)27)15-26-24(28)20-8-10-22(11-9-20)29-17-18-5-4-12-25-14-18/h2-12,14,19H,13,15-17H2,1H3,(H,26,28). The van der Waals surface area contributed by atoms with Gasteiger partial charge in [-0.25, -0.2) is 0 Å². The molecule has 1 aliphatic heterocycles. The SMILES string of the molecule is CN1CC(CNC(=O)c2ccc(SCc3cccnc3)cc2)Cc2ccccc21. The van der Waals surface area contributed by atoms with E-state index >= 15 is 0 Å².